The highest BCUT2D eigenvalue weighted by Crippen LogP contribution is 2.16. The van der Waals surface area contributed by atoms with Crippen LogP contribution >= 0.6 is 15.9 Å². The van der Waals surface area contributed by atoms with Gasteiger partial charge in [-0.3, -0.25) is 4.79 Å². The van der Waals surface area contributed by atoms with Crippen LogP contribution in [0.25, 0.3) is 0 Å². The van der Waals surface area contributed by atoms with Gasteiger partial charge in [-0.25, -0.2) is 4.79 Å². The number of rotatable bonds is 6. The van der Waals surface area contributed by atoms with Gasteiger partial charge in [-0.2, -0.15) is 0 Å². The molecule has 1 aromatic rings. The quantitative estimate of drug-likeness (QED) is 0.835. The van der Waals surface area contributed by atoms with Crippen molar-refractivity contribution in [3.63, 3.8) is 0 Å². The molecular formula is C15H20BrNO3. The van der Waals surface area contributed by atoms with E-state index in [-0.39, 0.29) is 18.2 Å². The molecule has 2 N–H and O–H groups in total. The minimum absolute atomic E-state index is 0.0949. The molecule has 0 aliphatic carbocycles. The SMILES string of the molecule is CC[C@H](C)[C@H](NC(=O)Cc1ccc(Br)cc1C)C(=O)O. The number of aliphatic carboxylic acids is 1. The molecule has 0 unspecified atom stereocenters. The molecule has 1 amide bonds. The van der Waals surface area contributed by atoms with Gasteiger partial charge in [0.05, 0.1) is 6.42 Å². The van der Waals surface area contributed by atoms with Crippen LogP contribution in [0.5, 0.6) is 0 Å². The summed E-state index contributed by atoms with van der Waals surface area (Å²) in [5.74, 6) is -1.34. The maximum absolute atomic E-state index is 12.0. The van der Waals surface area contributed by atoms with Crippen LogP contribution in [0, 0.1) is 12.8 Å². The van der Waals surface area contributed by atoms with Crippen molar-refractivity contribution in [2.45, 2.75) is 39.7 Å². The van der Waals surface area contributed by atoms with Crippen molar-refractivity contribution in [3.05, 3.63) is 33.8 Å². The monoisotopic (exact) mass is 341 g/mol. The average molecular weight is 342 g/mol. The minimum atomic E-state index is -0.986. The van der Waals surface area contributed by atoms with Gasteiger partial charge in [0.2, 0.25) is 5.91 Å². The zero-order valence-electron chi connectivity index (χ0n) is 11.9. The van der Waals surface area contributed by atoms with Crippen LogP contribution in [0.2, 0.25) is 0 Å². The van der Waals surface area contributed by atoms with Crippen LogP contribution < -0.4 is 5.32 Å². The molecular weight excluding hydrogens is 322 g/mol. The Morgan fingerprint density at radius 2 is 2.05 bits per heavy atom. The number of aryl methyl sites for hydroxylation is 1. The van der Waals surface area contributed by atoms with E-state index in [0.29, 0.717) is 6.42 Å². The van der Waals surface area contributed by atoms with Crippen LogP contribution in [-0.4, -0.2) is 23.0 Å². The Balaban J connectivity index is 2.73. The van der Waals surface area contributed by atoms with Crippen molar-refractivity contribution in [2.75, 3.05) is 0 Å². The average Bonchev–Trinajstić information content (AvgIpc) is 2.38. The zero-order valence-corrected chi connectivity index (χ0v) is 13.5. The second-order valence-electron chi connectivity index (χ2n) is 5.02. The van der Waals surface area contributed by atoms with E-state index in [9.17, 15) is 9.59 Å². The fourth-order valence-electron chi connectivity index (χ4n) is 1.94. The van der Waals surface area contributed by atoms with Crippen LogP contribution in [0.3, 0.4) is 0 Å². The maximum Gasteiger partial charge on any atom is 0.326 e. The fraction of sp³-hybridized carbons (Fsp3) is 0.467. The summed E-state index contributed by atoms with van der Waals surface area (Å²) < 4.78 is 0.960. The van der Waals surface area contributed by atoms with Gasteiger partial charge in [-0.1, -0.05) is 42.3 Å². The lowest BCUT2D eigenvalue weighted by Gasteiger charge is -2.20. The standard InChI is InChI=1S/C15H20BrNO3/c1-4-9(2)14(15(19)20)17-13(18)8-11-5-6-12(16)7-10(11)3/h5-7,9,14H,4,8H2,1-3H3,(H,17,18)(H,19,20)/t9-,14-/m0/s1. The van der Waals surface area contributed by atoms with Crippen molar-refractivity contribution in [3.8, 4) is 0 Å². The summed E-state index contributed by atoms with van der Waals surface area (Å²) in [6.07, 6.45) is 0.897. The van der Waals surface area contributed by atoms with E-state index in [4.69, 9.17) is 5.11 Å². The van der Waals surface area contributed by atoms with E-state index in [1.165, 1.54) is 0 Å². The lowest BCUT2D eigenvalue weighted by atomic mass is 9.98. The first-order chi connectivity index (χ1) is 9.35. The molecule has 20 heavy (non-hydrogen) atoms. The third-order valence-electron chi connectivity index (χ3n) is 3.45. The molecule has 110 valence electrons. The number of hydrogen-bond donors (Lipinski definition) is 2. The topological polar surface area (TPSA) is 66.4 Å². The van der Waals surface area contributed by atoms with Gasteiger partial charge in [0.1, 0.15) is 6.04 Å². The summed E-state index contributed by atoms with van der Waals surface area (Å²) >= 11 is 3.37. The second-order valence-corrected chi connectivity index (χ2v) is 5.93. The van der Waals surface area contributed by atoms with Crippen molar-refractivity contribution in [1.29, 1.82) is 0 Å². The Labute approximate surface area is 127 Å². The van der Waals surface area contributed by atoms with E-state index in [1.54, 1.807) is 0 Å². The first-order valence-electron chi connectivity index (χ1n) is 6.62. The van der Waals surface area contributed by atoms with E-state index in [1.807, 2.05) is 39.0 Å². The van der Waals surface area contributed by atoms with Gasteiger partial charge in [0, 0.05) is 4.47 Å². The molecule has 0 bridgehead atoms. The van der Waals surface area contributed by atoms with E-state index < -0.39 is 12.0 Å². The molecule has 0 spiro atoms. The molecule has 0 fully saturated rings. The van der Waals surface area contributed by atoms with Gasteiger partial charge in [0.25, 0.3) is 0 Å². The van der Waals surface area contributed by atoms with Gasteiger partial charge >= 0.3 is 5.97 Å². The third kappa shape index (κ3) is 4.63. The summed E-state index contributed by atoms with van der Waals surface area (Å²) in [5.41, 5.74) is 1.91. The van der Waals surface area contributed by atoms with E-state index >= 15 is 0 Å². The molecule has 2 atom stereocenters. The van der Waals surface area contributed by atoms with Crippen LogP contribution in [0.4, 0.5) is 0 Å². The van der Waals surface area contributed by atoms with Gasteiger partial charge < -0.3 is 10.4 Å². The number of halogens is 1. The summed E-state index contributed by atoms with van der Waals surface area (Å²) in [5, 5.41) is 11.8. The van der Waals surface area contributed by atoms with Crippen LogP contribution in [-0.2, 0) is 16.0 Å². The third-order valence-corrected chi connectivity index (χ3v) is 3.94. The first-order valence-corrected chi connectivity index (χ1v) is 7.41. The summed E-state index contributed by atoms with van der Waals surface area (Å²) in [7, 11) is 0. The van der Waals surface area contributed by atoms with E-state index in [2.05, 4.69) is 21.2 Å². The molecule has 0 radical (unpaired) electrons. The molecule has 0 saturated heterocycles. The Hall–Kier alpha value is -1.36. The van der Waals surface area contributed by atoms with Crippen molar-refractivity contribution in [1.82, 2.24) is 5.32 Å². The zero-order chi connectivity index (χ0) is 15.3. The summed E-state index contributed by atoms with van der Waals surface area (Å²) in [4.78, 5) is 23.2. The maximum atomic E-state index is 12.0. The van der Waals surface area contributed by atoms with E-state index in [0.717, 1.165) is 15.6 Å². The molecule has 4 nitrogen and oxygen atoms in total. The molecule has 1 aromatic carbocycles. The molecule has 0 aliphatic heterocycles. The highest BCUT2D eigenvalue weighted by Gasteiger charge is 2.25. The largest absolute Gasteiger partial charge is 0.480 e. The lowest BCUT2D eigenvalue weighted by molar-refractivity contribution is -0.143. The van der Waals surface area contributed by atoms with Crippen LogP contribution in [0.15, 0.2) is 22.7 Å². The predicted molar refractivity (Wildman–Crippen MR) is 81.6 cm³/mol. The minimum Gasteiger partial charge on any atom is -0.480 e. The molecule has 1 rings (SSSR count). The molecule has 0 aromatic heterocycles. The number of carboxylic acids is 1. The van der Waals surface area contributed by atoms with Gasteiger partial charge in [0.15, 0.2) is 0 Å². The Morgan fingerprint density at radius 3 is 2.55 bits per heavy atom. The number of hydrogen-bond acceptors (Lipinski definition) is 2. The number of carbonyl (C=O) groups is 2. The van der Waals surface area contributed by atoms with Gasteiger partial charge in [-0.05, 0) is 36.1 Å². The normalized spacial score (nSPS) is 13.6. The molecule has 0 heterocycles. The molecule has 0 aliphatic rings. The lowest BCUT2D eigenvalue weighted by Crippen LogP contribution is -2.45. The van der Waals surface area contributed by atoms with Crippen LogP contribution in [0.1, 0.15) is 31.4 Å². The first kappa shape index (κ1) is 16.7. The van der Waals surface area contributed by atoms with Crippen molar-refractivity contribution >= 4 is 27.8 Å². The number of carboxylic acid groups (broad SMARTS) is 1. The Kier molecular flexibility index (Phi) is 6.20. The molecule has 0 saturated carbocycles. The number of nitrogens with one attached hydrogen (secondary N) is 1. The Morgan fingerprint density at radius 1 is 1.40 bits per heavy atom. The number of carbonyl (C=O) groups excluding carboxylic acids is 1. The Bertz CT molecular complexity index is 502. The van der Waals surface area contributed by atoms with Gasteiger partial charge in [-0.15, -0.1) is 0 Å². The summed E-state index contributed by atoms with van der Waals surface area (Å²) in [6, 6.07) is 4.85. The second kappa shape index (κ2) is 7.43. The number of benzene rings is 1. The van der Waals surface area contributed by atoms with Crippen molar-refractivity contribution in [2.24, 2.45) is 5.92 Å². The smallest absolute Gasteiger partial charge is 0.326 e. The molecule has 5 heteroatoms. The summed E-state index contributed by atoms with van der Waals surface area (Å²) in [6.45, 7) is 5.66. The van der Waals surface area contributed by atoms with Crippen molar-refractivity contribution < 1.29 is 14.7 Å². The highest BCUT2D eigenvalue weighted by atomic mass is 79.9. The predicted octanol–water partition coefficient (Wildman–Crippen LogP) is 2.92. The highest BCUT2D eigenvalue weighted by molar-refractivity contribution is 9.10. The fourth-order valence-corrected chi connectivity index (χ4v) is 2.41. The number of amides is 1.